The number of nitrogens with zero attached hydrogens (tertiary/aromatic N) is 3. The standard InChI is InChI=1S/C8H5N3O4/c1-5-2-3-7(10(12)13)6(4-9)8(5)11(14)15/h2-3H,1H3. The second-order valence-corrected chi connectivity index (χ2v) is 2.75. The van der Waals surface area contributed by atoms with Crippen LogP contribution < -0.4 is 0 Å². The third-order valence-electron chi connectivity index (χ3n) is 1.85. The van der Waals surface area contributed by atoms with Crippen molar-refractivity contribution in [3.05, 3.63) is 43.5 Å². The fourth-order valence-corrected chi connectivity index (χ4v) is 1.18. The van der Waals surface area contributed by atoms with Crippen LogP contribution in [-0.2, 0) is 0 Å². The van der Waals surface area contributed by atoms with Gasteiger partial charge in [-0.25, -0.2) is 0 Å². The lowest BCUT2D eigenvalue weighted by Gasteiger charge is -1.99. The zero-order valence-electron chi connectivity index (χ0n) is 7.63. The Kier molecular flexibility index (Phi) is 2.62. The number of benzene rings is 1. The molecule has 0 unspecified atom stereocenters. The number of nitro benzene ring substituents is 2. The third-order valence-corrected chi connectivity index (χ3v) is 1.85. The van der Waals surface area contributed by atoms with Crippen LogP contribution in [0, 0.1) is 38.5 Å². The highest BCUT2D eigenvalue weighted by Crippen LogP contribution is 2.30. The first-order valence-corrected chi connectivity index (χ1v) is 3.81. The van der Waals surface area contributed by atoms with Crippen molar-refractivity contribution in [3.63, 3.8) is 0 Å². The van der Waals surface area contributed by atoms with Gasteiger partial charge in [-0.2, -0.15) is 5.26 Å². The summed E-state index contributed by atoms with van der Waals surface area (Å²) in [6.07, 6.45) is 0. The Balaban J connectivity index is 3.64. The van der Waals surface area contributed by atoms with Gasteiger partial charge in [0.1, 0.15) is 6.07 Å². The Bertz CT molecular complexity index is 489. The molecule has 0 amide bonds. The molecule has 0 heterocycles. The number of rotatable bonds is 2. The van der Waals surface area contributed by atoms with E-state index in [1.165, 1.54) is 19.1 Å². The van der Waals surface area contributed by atoms with Crippen LogP contribution in [0.2, 0.25) is 0 Å². The van der Waals surface area contributed by atoms with Gasteiger partial charge in [0.25, 0.3) is 11.4 Å². The number of nitro groups is 2. The first-order valence-electron chi connectivity index (χ1n) is 3.81. The maximum absolute atomic E-state index is 10.6. The average Bonchev–Trinajstić information content (AvgIpc) is 2.15. The maximum atomic E-state index is 10.6. The molecule has 0 radical (unpaired) electrons. The van der Waals surface area contributed by atoms with Crippen LogP contribution in [0.25, 0.3) is 0 Å². The van der Waals surface area contributed by atoms with Crippen molar-refractivity contribution >= 4 is 11.4 Å². The SMILES string of the molecule is Cc1ccc([N+](=O)[O-])c(C#N)c1[N+](=O)[O-]. The van der Waals surface area contributed by atoms with E-state index < -0.39 is 26.8 Å². The number of aryl methyl sites for hydroxylation is 1. The van der Waals surface area contributed by atoms with Gasteiger partial charge in [-0.1, -0.05) is 0 Å². The Morgan fingerprint density at radius 1 is 1.27 bits per heavy atom. The van der Waals surface area contributed by atoms with E-state index in [1.807, 2.05) is 0 Å². The van der Waals surface area contributed by atoms with Gasteiger partial charge in [-0.15, -0.1) is 0 Å². The van der Waals surface area contributed by atoms with Crippen LogP contribution in [0.1, 0.15) is 11.1 Å². The van der Waals surface area contributed by atoms with Crippen molar-refractivity contribution in [2.45, 2.75) is 6.92 Å². The lowest BCUT2D eigenvalue weighted by Crippen LogP contribution is -2.00. The maximum Gasteiger partial charge on any atom is 0.297 e. The van der Waals surface area contributed by atoms with Gasteiger partial charge >= 0.3 is 0 Å². The minimum absolute atomic E-state index is 0.224. The Morgan fingerprint density at radius 3 is 2.27 bits per heavy atom. The average molecular weight is 207 g/mol. The molecule has 0 aliphatic carbocycles. The molecular formula is C8H5N3O4. The van der Waals surface area contributed by atoms with E-state index in [0.717, 1.165) is 6.07 Å². The molecule has 76 valence electrons. The van der Waals surface area contributed by atoms with Crippen molar-refractivity contribution in [1.29, 1.82) is 5.26 Å². The molecule has 0 aliphatic heterocycles. The van der Waals surface area contributed by atoms with Gasteiger partial charge in [-0.3, -0.25) is 20.2 Å². The van der Waals surface area contributed by atoms with Crippen molar-refractivity contribution in [2.24, 2.45) is 0 Å². The van der Waals surface area contributed by atoms with Crippen LogP contribution in [-0.4, -0.2) is 9.85 Å². The normalized spacial score (nSPS) is 9.33. The summed E-state index contributed by atoms with van der Waals surface area (Å²) in [5.41, 5.74) is -1.34. The molecule has 0 atom stereocenters. The lowest BCUT2D eigenvalue weighted by molar-refractivity contribution is -0.395. The topological polar surface area (TPSA) is 110 Å². The van der Waals surface area contributed by atoms with Gasteiger partial charge in [0.2, 0.25) is 5.56 Å². The summed E-state index contributed by atoms with van der Waals surface area (Å²) in [6.45, 7) is 1.42. The molecule has 0 aromatic heterocycles. The predicted octanol–water partition coefficient (Wildman–Crippen LogP) is 1.68. The fraction of sp³-hybridized carbons (Fsp3) is 0.125. The molecule has 0 saturated heterocycles. The van der Waals surface area contributed by atoms with Crippen molar-refractivity contribution in [1.82, 2.24) is 0 Å². The van der Waals surface area contributed by atoms with E-state index in [9.17, 15) is 20.2 Å². The molecule has 1 rings (SSSR count). The smallest absolute Gasteiger partial charge is 0.258 e. The van der Waals surface area contributed by atoms with E-state index in [4.69, 9.17) is 5.26 Å². The van der Waals surface area contributed by atoms with Gasteiger partial charge in [0, 0.05) is 11.6 Å². The largest absolute Gasteiger partial charge is 0.297 e. The summed E-state index contributed by atoms with van der Waals surface area (Å²) < 4.78 is 0. The zero-order chi connectivity index (χ0) is 11.6. The highest BCUT2D eigenvalue weighted by Gasteiger charge is 2.26. The van der Waals surface area contributed by atoms with E-state index >= 15 is 0 Å². The van der Waals surface area contributed by atoms with E-state index in [1.54, 1.807) is 0 Å². The van der Waals surface area contributed by atoms with Crippen LogP contribution in [0.5, 0.6) is 0 Å². The van der Waals surface area contributed by atoms with Gasteiger partial charge < -0.3 is 0 Å². The van der Waals surface area contributed by atoms with Crippen LogP contribution in [0.3, 0.4) is 0 Å². The molecule has 15 heavy (non-hydrogen) atoms. The molecule has 0 bridgehead atoms. The minimum Gasteiger partial charge on any atom is -0.258 e. The molecule has 0 fully saturated rings. The second kappa shape index (κ2) is 3.71. The van der Waals surface area contributed by atoms with Crippen LogP contribution in [0.4, 0.5) is 11.4 Å². The highest BCUT2D eigenvalue weighted by atomic mass is 16.6. The van der Waals surface area contributed by atoms with Gasteiger partial charge in [0.05, 0.1) is 9.85 Å². The Morgan fingerprint density at radius 2 is 1.87 bits per heavy atom. The van der Waals surface area contributed by atoms with Crippen molar-refractivity contribution < 1.29 is 9.85 Å². The Hall–Kier alpha value is -2.49. The van der Waals surface area contributed by atoms with Crippen molar-refractivity contribution in [2.75, 3.05) is 0 Å². The first-order chi connectivity index (χ1) is 6.99. The molecule has 1 aromatic carbocycles. The minimum atomic E-state index is -0.814. The molecule has 0 saturated carbocycles. The van der Waals surface area contributed by atoms with Gasteiger partial charge in [-0.05, 0) is 13.0 Å². The number of nitriles is 1. The van der Waals surface area contributed by atoms with E-state index in [2.05, 4.69) is 0 Å². The number of hydrogen-bond acceptors (Lipinski definition) is 5. The van der Waals surface area contributed by atoms with Crippen LogP contribution in [0.15, 0.2) is 12.1 Å². The van der Waals surface area contributed by atoms with E-state index in [-0.39, 0.29) is 5.56 Å². The summed E-state index contributed by atoms with van der Waals surface area (Å²) in [6, 6.07) is 3.82. The summed E-state index contributed by atoms with van der Waals surface area (Å²) in [5.74, 6) is 0. The molecule has 7 heteroatoms. The second-order valence-electron chi connectivity index (χ2n) is 2.75. The monoisotopic (exact) mass is 207 g/mol. The molecule has 0 aliphatic rings. The summed E-state index contributed by atoms with van der Waals surface area (Å²) >= 11 is 0. The molecule has 7 nitrogen and oxygen atoms in total. The van der Waals surface area contributed by atoms with Gasteiger partial charge in [0.15, 0.2) is 0 Å². The first kappa shape index (κ1) is 10.6. The zero-order valence-corrected chi connectivity index (χ0v) is 7.63. The Labute approximate surface area is 83.9 Å². The summed E-state index contributed by atoms with van der Waals surface area (Å²) in [5, 5.41) is 29.8. The van der Waals surface area contributed by atoms with Crippen molar-refractivity contribution in [3.8, 4) is 6.07 Å². The number of hydrogen-bond donors (Lipinski definition) is 0. The predicted molar refractivity (Wildman–Crippen MR) is 49.2 cm³/mol. The summed E-state index contributed by atoms with van der Waals surface area (Å²) in [4.78, 5) is 19.5. The highest BCUT2D eigenvalue weighted by molar-refractivity contribution is 5.63. The van der Waals surface area contributed by atoms with E-state index in [0.29, 0.717) is 0 Å². The van der Waals surface area contributed by atoms with Crippen LogP contribution >= 0.6 is 0 Å². The fourth-order valence-electron chi connectivity index (χ4n) is 1.18. The molecule has 0 spiro atoms. The molecular weight excluding hydrogens is 202 g/mol. The molecule has 1 aromatic rings. The third kappa shape index (κ3) is 1.73. The lowest BCUT2D eigenvalue weighted by atomic mass is 10.1. The summed E-state index contributed by atoms with van der Waals surface area (Å²) in [7, 11) is 0. The molecule has 0 N–H and O–H groups in total. The quantitative estimate of drug-likeness (QED) is 0.541.